The number of carbonyl (C=O) groups excluding carboxylic acids is 2. The van der Waals surface area contributed by atoms with Crippen LogP contribution in [0.15, 0.2) is 79.1 Å². The molecule has 1 aromatic heterocycles. The van der Waals surface area contributed by atoms with Crippen LogP contribution in [0.1, 0.15) is 20.7 Å². The molecule has 0 spiro atoms. The minimum Gasteiger partial charge on any atom is -0.465 e. The summed E-state index contributed by atoms with van der Waals surface area (Å²) < 4.78 is 6.73. The van der Waals surface area contributed by atoms with Crippen LogP contribution in [0.3, 0.4) is 0 Å². The van der Waals surface area contributed by atoms with E-state index in [-0.39, 0.29) is 5.91 Å². The molecule has 0 bridgehead atoms. The highest BCUT2D eigenvalue weighted by Crippen LogP contribution is 2.21. The lowest BCUT2D eigenvalue weighted by Gasteiger charge is -2.10. The summed E-state index contributed by atoms with van der Waals surface area (Å²) in [5.41, 5.74) is 3.75. The molecular formula is C22H17N3O3. The van der Waals surface area contributed by atoms with E-state index in [0.717, 1.165) is 11.2 Å². The Morgan fingerprint density at radius 1 is 0.964 bits per heavy atom. The number of imidazole rings is 1. The Morgan fingerprint density at radius 3 is 2.50 bits per heavy atom. The van der Waals surface area contributed by atoms with Crippen molar-refractivity contribution < 1.29 is 14.3 Å². The van der Waals surface area contributed by atoms with Crippen LogP contribution in [0.25, 0.3) is 16.7 Å². The summed E-state index contributed by atoms with van der Waals surface area (Å²) in [6.45, 7) is 0. The first-order valence-electron chi connectivity index (χ1n) is 8.68. The Morgan fingerprint density at radius 2 is 1.71 bits per heavy atom. The maximum absolute atomic E-state index is 12.7. The van der Waals surface area contributed by atoms with Crippen molar-refractivity contribution >= 4 is 28.6 Å². The number of hydrogen-bond acceptors (Lipinski definition) is 4. The molecule has 138 valence electrons. The van der Waals surface area contributed by atoms with Crippen LogP contribution >= 0.6 is 0 Å². The summed E-state index contributed by atoms with van der Waals surface area (Å²) >= 11 is 0. The number of ether oxygens (including phenoxy) is 1. The van der Waals surface area contributed by atoms with E-state index in [2.05, 4.69) is 10.3 Å². The van der Waals surface area contributed by atoms with Crippen molar-refractivity contribution in [1.82, 2.24) is 9.55 Å². The summed E-state index contributed by atoms with van der Waals surface area (Å²) in [6, 6.07) is 21.9. The van der Waals surface area contributed by atoms with Crippen molar-refractivity contribution in [3.63, 3.8) is 0 Å². The summed E-state index contributed by atoms with van der Waals surface area (Å²) in [4.78, 5) is 29.0. The molecule has 4 rings (SSSR count). The molecule has 0 saturated carbocycles. The number of esters is 1. The van der Waals surface area contributed by atoms with Crippen LogP contribution in [-0.2, 0) is 4.74 Å². The summed E-state index contributed by atoms with van der Waals surface area (Å²) in [5, 5.41) is 2.77. The first-order chi connectivity index (χ1) is 13.7. The Hall–Kier alpha value is -3.93. The zero-order valence-corrected chi connectivity index (χ0v) is 15.1. The molecule has 0 radical (unpaired) electrons. The molecule has 1 amide bonds. The number of anilines is 1. The number of fused-ring (bicyclic) bond motifs is 1. The molecule has 4 aromatic rings. The quantitative estimate of drug-likeness (QED) is 0.549. The molecule has 0 atom stereocenters. The van der Waals surface area contributed by atoms with E-state index in [0.29, 0.717) is 22.3 Å². The summed E-state index contributed by atoms with van der Waals surface area (Å²) in [5.74, 6) is -0.833. The molecule has 6 nitrogen and oxygen atoms in total. The fourth-order valence-corrected chi connectivity index (χ4v) is 3.02. The smallest absolute Gasteiger partial charge is 0.339 e. The molecule has 0 aliphatic heterocycles. The van der Waals surface area contributed by atoms with Gasteiger partial charge in [0.25, 0.3) is 5.91 Å². The molecule has 0 aliphatic rings. The molecule has 1 N–H and O–H groups in total. The van der Waals surface area contributed by atoms with E-state index in [1.54, 1.807) is 42.7 Å². The zero-order valence-electron chi connectivity index (χ0n) is 15.1. The third-order valence-corrected chi connectivity index (χ3v) is 4.42. The number of nitrogens with one attached hydrogen (secondary N) is 1. The predicted molar refractivity (Wildman–Crippen MR) is 107 cm³/mol. The number of hydrogen-bond donors (Lipinski definition) is 1. The Bertz CT molecular complexity index is 1170. The van der Waals surface area contributed by atoms with Gasteiger partial charge in [-0.3, -0.25) is 9.36 Å². The van der Waals surface area contributed by atoms with Crippen molar-refractivity contribution in [3.8, 4) is 5.69 Å². The van der Waals surface area contributed by atoms with Crippen molar-refractivity contribution in [2.75, 3.05) is 12.4 Å². The SMILES string of the molecule is COC(=O)c1ccccc1NC(=O)c1ccc2c(c1)ncn2-c1ccccc1. The van der Waals surface area contributed by atoms with Crippen molar-refractivity contribution in [3.05, 3.63) is 90.3 Å². The van der Waals surface area contributed by atoms with Gasteiger partial charge >= 0.3 is 5.97 Å². The van der Waals surface area contributed by atoms with Crippen molar-refractivity contribution in [2.45, 2.75) is 0 Å². The van der Waals surface area contributed by atoms with Gasteiger partial charge in [-0.25, -0.2) is 9.78 Å². The Labute approximate surface area is 161 Å². The number of methoxy groups -OCH3 is 1. The van der Waals surface area contributed by atoms with E-state index in [1.807, 2.05) is 41.0 Å². The fourth-order valence-electron chi connectivity index (χ4n) is 3.02. The number of nitrogens with zero attached hydrogens (tertiary/aromatic N) is 2. The monoisotopic (exact) mass is 371 g/mol. The molecule has 3 aromatic carbocycles. The minimum atomic E-state index is -0.507. The minimum absolute atomic E-state index is 0.299. The first-order valence-corrected chi connectivity index (χ1v) is 8.68. The molecule has 0 saturated heterocycles. The topological polar surface area (TPSA) is 73.2 Å². The fraction of sp³-hybridized carbons (Fsp3) is 0.0455. The maximum Gasteiger partial charge on any atom is 0.339 e. The standard InChI is InChI=1S/C22H17N3O3/c1-28-22(27)17-9-5-6-10-18(17)24-21(26)15-11-12-20-19(13-15)23-14-25(20)16-7-3-2-4-8-16/h2-14H,1H3,(H,24,26). The molecule has 0 unspecified atom stereocenters. The van der Waals surface area contributed by atoms with Gasteiger partial charge in [0.2, 0.25) is 0 Å². The van der Waals surface area contributed by atoms with Gasteiger partial charge in [0.1, 0.15) is 6.33 Å². The predicted octanol–water partition coefficient (Wildman–Crippen LogP) is 4.06. The Kier molecular flexibility index (Phi) is 4.60. The van der Waals surface area contributed by atoms with Gasteiger partial charge in [-0.2, -0.15) is 0 Å². The van der Waals surface area contributed by atoms with E-state index < -0.39 is 5.97 Å². The average molecular weight is 371 g/mol. The van der Waals surface area contributed by atoms with Crippen molar-refractivity contribution in [1.29, 1.82) is 0 Å². The van der Waals surface area contributed by atoms with E-state index in [4.69, 9.17) is 4.74 Å². The second-order valence-corrected chi connectivity index (χ2v) is 6.14. The number of amides is 1. The average Bonchev–Trinajstić information content (AvgIpc) is 3.17. The van der Waals surface area contributed by atoms with Gasteiger partial charge in [-0.15, -0.1) is 0 Å². The van der Waals surface area contributed by atoms with Crippen LogP contribution in [0.2, 0.25) is 0 Å². The van der Waals surface area contributed by atoms with Gasteiger partial charge in [0.05, 0.1) is 29.4 Å². The third kappa shape index (κ3) is 3.23. The summed E-state index contributed by atoms with van der Waals surface area (Å²) in [6.07, 6.45) is 1.73. The number of aromatic nitrogens is 2. The third-order valence-electron chi connectivity index (χ3n) is 4.42. The Balaban J connectivity index is 1.64. The van der Waals surface area contributed by atoms with Gasteiger partial charge in [0, 0.05) is 11.3 Å². The van der Waals surface area contributed by atoms with Crippen LogP contribution < -0.4 is 5.32 Å². The second-order valence-electron chi connectivity index (χ2n) is 6.14. The molecule has 28 heavy (non-hydrogen) atoms. The largest absolute Gasteiger partial charge is 0.465 e. The van der Waals surface area contributed by atoms with Crippen LogP contribution in [0.5, 0.6) is 0 Å². The summed E-state index contributed by atoms with van der Waals surface area (Å²) in [7, 11) is 1.30. The lowest BCUT2D eigenvalue weighted by Crippen LogP contribution is -2.15. The van der Waals surface area contributed by atoms with Crippen LogP contribution in [-0.4, -0.2) is 28.5 Å². The van der Waals surface area contributed by atoms with E-state index in [9.17, 15) is 9.59 Å². The van der Waals surface area contributed by atoms with Gasteiger partial charge in [-0.1, -0.05) is 30.3 Å². The highest BCUT2D eigenvalue weighted by Gasteiger charge is 2.15. The van der Waals surface area contributed by atoms with E-state index >= 15 is 0 Å². The molecular weight excluding hydrogens is 354 g/mol. The number of benzene rings is 3. The van der Waals surface area contributed by atoms with E-state index in [1.165, 1.54) is 7.11 Å². The van der Waals surface area contributed by atoms with Gasteiger partial charge < -0.3 is 10.1 Å². The lowest BCUT2D eigenvalue weighted by molar-refractivity contribution is 0.0602. The number of rotatable bonds is 4. The number of carbonyl (C=O) groups is 2. The normalized spacial score (nSPS) is 10.6. The highest BCUT2D eigenvalue weighted by atomic mass is 16.5. The van der Waals surface area contributed by atoms with Crippen LogP contribution in [0.4, 0.5) is 5.69 Å². The highest BCUT2D eigenvalue weighted by molar-refractivity contribution is 6.09. The lowest BCUT2D eigenvalue weighted by atomic mass is 10.1. The van der Waals surface area contributed by atoms with Crippen LogP contribution in [0, 0.1) is 0 Å². The van der Waals surface area contributed by atoms with Gasteiger partial charge in [-0.05, 0) is 42.5 Å². The molecule has 6 heteroatoms. The second kappa shape index (κ2) is 7.36. The molecule has 0 fully saturated rings. The molecule has 0 aliphatic carbocycles. The molecule has 1 heterocycles. The first kappa shape index (κ1) is 17.5. The van der Waals surface area contributed by atoms with Gasteiger partial charge in [0.15, 0.2) is 0 Å². The van der Waals surface area contributed by atoms with Crippen molar-refractivity contribution in [2.24, 2.45) is 0 Å². The zero-order chi connectivity index (χ0) is 19.5. The maximum atomic E-state index is 12.7. The number of para-hydroxylation sites is 2.